The molecule has 2 heterocycles. The van der Waals surface area contributed by atoms with E-state index in [0.717, 1.165) is 5.69 Å². The Morgan fingerprint density at radius 3 is 2.94 bits per heavy atom. The van der Waals surface area contributed by atoms with Crippen molar-refractivity contribution >= 4 is 11.6 Å². The van der Waals surface area contributed by atoms with Crippen LogP contribution >= 0.6 is 0 Å². The minimum atomic E-state index is -0.275. The normalized spacial score (nSPS) is 10.3. The van der Waals surface area contributed by atoms with E-state index in [4.69, 9.17) is 5.73 Å². The van der Waals surface area contributed by atoms with Gasteiger partial charge < -0.3 is 15.6 Å². The van der Waals surface area contributed by atoms with Gasteiger partial charge in [0.05, 0.1) is 12.1 Å². The molecular weight excluding hydrogens is 232 g/mol. The summed E-state index contributed by atoms with van der Waals surface area (Å²) < 4.78 is 1.73. The summed E-state index contributed by atoms with van der Waals surface area (Å²) in [4.78, 5) is 15.9. The summed E-state index contributed by atoms with van der Waals surface area (Å²) in [5, 5.41) is 10.3. The molecule has 0 aromatic carbocycles. The van der Waals surface area contributed by atoms with Crippen molar-refractivity contribution in [3.05, 3.63) is 35.7 Å². The van der Waals surface area contributed by atoms with Gasteiger partial charge in [-0.2, -0.15) is 0 Å². The van der Waals surface area contributed by atoms with Gasteiger partial charge in [0, 0.05) is 24.6 Å². The summed E-state index contributed by atoms with van der Waals surface area (Å²) >= 11 is 0. The number of nitrogen functional groups attached to an aromatic ring is 1. The van der Waals surface area contributed by atoms with Crippen LogP contribution in [0.4, 0.5) is 5.69 Å². The highest BCUT2D eigenvalue weighted by Gasteiger charge is 2.11. The van der Waals surface area contributed by atoms with Crippen molar-refractivity contribution in [1.29, 1.82) is 0 Å². The maximum absolute atomic E-state index is 11.9. The summed E-state index contributed by atoms with van der Waals surface area (Å²) in [5.41, 5.74) is 7.32. The van der Waals surface area contributed by atoms with E-state index in [1.165, 1.54) is 6.20 Å². The zero-order valence-electron chi connectivity index (χ0n) is 10.2. The smallest absolute Gasteiger partial charge is 0.255 e. The number of rotatable bonds is 3. The van der Waals surface area contributed by atoms with Crippen molar-refractivity contribution in [2.24, 2.45) is 7.05 Å². The lowest BCUT2D eigenvalue weighted by Gasteiger charge is -2.07. The van der Waals surface area contributed by atoms with Crippen LogP contribution in [0, 0.1) is 6.92 Å². The summed E-state index contributed by atoms with van der Waals surface area (Å²) in [7, 11) is 1.81. The number of carbonyl (C=O) groups excluding carboxylic acids is 1. The van der Waals surface area contributed by atoms with Crippen LogP contribution in [0.3, 0.4) is 0 Å². The zero-order chi connectivity index (χ0) is 13.1. The van der Waals surface area contributed by atoms with E-state index in [2.05, 4.69) is 20.5 Å². The summed E-state index contributed by atoms with van der Waals surface area (Å²) in [6.07, 6.45) is 3.04. The van der Waals surface area contributed by atoms with Gasteiger partial charge in [-0.3, -0.25) is 9.78 Å². The maximum atomic E-state index is 11.9. The fourth-order valence-electron chi connectivity index (χ4n) is 1.49. The van der Waals surface area contributed by atoms with Gasteiger partial charge in [-0.15, -0.1) is 10.2 Å². The molecule has 0 aliphatic heterocycles. The first kappa shape index (κ1) is 12.0. The average molecular weight is 246 g/mol. The van der Waals surface area contributed by atoms with E-state index in [0.29, 0.717) is 23.6 Å². The Balaban J connectivity index is 2.06. The van der Waals surface area contributed by atoms with Crippen LogP contribution < -0.4 is 11.1 Å². The molecule has 0 fully saturated rings. The van der Waals surface area contributed by atoms with Crippen molar-refractivity contribution in [3.8, 4) is 0 Å². The molecule has 2 aromatic rings. The van der Waals surface area contributed by atoms with Gasteiger partial charge >= 0.3 is 0 Å². The van der Waals surface area contributed by atoms with Gasteiger partial charge in [0.25, 0.3) is 5.91 Å². The molecule has 3 N–H and O–H groups in total. The molecule has 0 aliphatic rings. The van der Waals surface area contributed by atoms with Gasteiger partial charge in [0.1, 0.15) is 6.33 Å². The molecule has 2 aromatic heterocycles. The summed E-state index contributed by atoms with van der Waals surface area (Å²) in [5.74, 6) is 0.394. The Bertz CT molecular complexity index is 577. The number of nitrogens with zero attached hydrogens (tertiary/aromatic N) is 4. The highest BCUT2D eigenvalue weighted by molar-refractivity contribution is 5.98. The van der Waals surface area contributed by atoms with E-state index < -0.39 is 0 Å². The number of hydrogen-bond donors (Lipinski definition) is 2. The largest absolute Gasteiger partial charge is 0.398 e. The molecule has 0 aliphatic carbocycles. The summed E-state index contributed by atoms with van der Waals surface area (Å²) in [6.45, 7) is 2.11. The third-order valence-electron chi connectivity index (χ3n) is 2.53. The fourth-order valence-corrected chi connectivity index (χ4v) is 1.49. The molecule has 0 atom stereocenters. The van der Waals surface area contributed by atoms with Crippen molar-refractivity contribution in [2.75, 3.05) is 5.73 Å². The van der Waals surface area contributed by atoms with E-state index in [-0.39, 0.29) is 5.91 Å². The lowest BCUT2D eigenvalue weighted by molar-refractivity contribution is 0.0950. The molecule has 0 radical (unpaired) electrons. The Hall–Kier alpha value is -2.44. The lowest BCUT2D eigenvalue weighted by Crippen LogP contribution is -2.25. The van der Waals surface area contributed by atoms with Crippen LogP contribution in [0.25, 0.3) is 0 Å². The molecule has 18 heavy (non-hydrogen) atoms. The van der Waals surface area contributed by atoms with Crippen molar-refractivity contribution in [1.82, 2.24) is 25.1 Å². The molecule has 0 bridgehead atoms. The number of nitrogens with two attached hydrogens (primary N) is 1. The minimum absolute atomic E-state index is 0.275. The Morgan fingerprint density at radius 1 is 1.56 bits per heavy atom. The van der Waals surface area contributed by atoms with Crippen LogP contribution in [-0.2, 0) is 13.6 Å². The molecule has 0 spiro atoms. The molecular formula is C11H14N6O. The van der Waals surface area contributed by atoms with Crippen LogP contribution in [-0.4, -0.2) is 25.7 Å². The number of hydrogen-bond acceptors (Lipinski definition) is 5. The number of pyridine rings is 1. The maximum Gasteiger partial charge on any atom is 0.255 e. The highest BCUT2D eigenvalue weighted by Crippen LogP contribution is 2.11. The SMILES string of the molecule is Cc1cc(N)c(C(=O)NCc2nncn2C)cn1. The lowest BCUT2D eigenvalue weighted by atomic mass is 10.2. The van der Waals surface area contributed by atoms with Gasteiger partial charge in [0.15, 0.2) is 5.82 Å². The topological polar surface area (TPSA) is 98.7 Å². The quantitative estimate of drug-likeness (QED) is 0.796. The summed E-state index contributed by atoms with van der Waals surface area (Å²) in [6, 6.07) is 1.66. The van der Waals surface area contributed by atoms with Gasteiger partial charge in [-0.05, 0) is 13.0 Å². The van der Waals surface area contributed by atoms with Crippen molar-refractivity contribution < 1.29 is 4.79 Å². The number of carbonyl (C=O) groups is 1. The van der Waals surface area contributed by atoms with Crippen LogP contribution in [0.1, 0.15) is 21.9 Å². The first-order valence-corrected chi connectivity index (χ1v) is 5.41. The number of amides is 1. The number of nitrogens with one attached hydrogen (secondary N) is 1. The zero-order valence-corrected chi connectivity index (χ0v) is 10.2. The number of anilines is 1. The predicted octanol–water partition coefficient (Wildman–Crippen LogP) is 0.0307. The third kappa shape index (κ3) is 2.45. The van der Waals surface area contributed by atoms with E-state index in [9.17, 15) is 4.79 Å². The van der Waals surface area contributed by atoms with Gasteiger partial charge in [-0.1, -0.05) is 0 Å². The van der Waals surface area contributed by atoms with Crippen molar-refractivity contribution in [3.63, 3.8) is 0 Å². The molecule has 0 saturated carbocycles. The van der Waals surface area contributed by atoms with Crippen LogP contribution in [0.5, 0.6) is 0 Å². The monoisotopic (exact) mass is 246 g/mol. The molecule has 94 valence electrons. The Labute approximate surface area is 104 Å². The standard InChI is InChI=1S/C11H14N6O/c1-7-3-9(12)8(4-13-7)11(18)14-5-10-16-15-6-17(10)2/h3-4,6H,5H2,1-2H3,(H2,12,13)(H,14,18). The number of aryl methyl sites for hydroxylation is 2. The highest BCUT2D eigenvalue weighted by atomic mass is 16.1. The molecule has 1 amide bonds. The average Bonchev–Trinajstić information content (AvgIpc) is 2.72. The first-order chi connectivity index (χ1) is 8.58. The molecule has 7 heteroatoms. The number of aromatic nitrogens is 4. The Kier molecular flexibility index (Phi) is 3.22. The Morgan fingerprint density at radius 2 is 2.33 bits per heavy atom. The molecule has 0 unspecified atom stereocenters. The van der Waals surface area contributed by atoms with Crippen LogP contribution in [0.15, 0.2) is 18.6 Å². The molecule has 7 nitrogen and oxygen atoms in total. The minimum Gasteiger partial charge on any atom is -0.398 e. The predicted molar refractivity (Wildman–Crippen MR) is 65.6 cm³/mol. The molecule has 0 saturated heterocycles. The second-order valence-corrected chi connectivity index (χ2v) is 3.95. The third-order valence-corrected chi connectivity index (χ3v) is 2.53. The molecule has 2 rings (SSSR count). The van der Waals surface area contributed by atoms with Gasteiger partial charge in [-0.25, -0.2) is 0 Å². The van der Waals surface area contributed by atoms with Crippen LogP contribution in [0.2, 0.25) is 0 Å². The fraction of sp³-hybridized carbons (Fsp3) is 0.273. The second kappa shape index (κ2) is 4.82. The van der Waals surface area contributed by atoms with E-state index in [1.54, 1.807) is 17.0 Å². The second-order valence-electron chi connectivity index (χ2n) is 3.95. The van der Waals surface area contributed by atoms with Crippen molar-refractivity contribution in [2.45, 2.75) is 13.5 Å². The van der Waals surface area contributed by atoms with E-state index >= 15 is 0 Å². The van der Waals surface area contributed by atoms with Gasteiger partial charge in [0.2, 0.25) is 0 Å². The van der Waals surface area contributed by atoms with E-state index in [1.807, 2.05) is 14.0 Å². The first-order valence-electron chi connectivity index (χ1n) is 5.41.